The van der Waals surface area contributed by atoms with Gasteiger partial charge in [-0.3, -0.25) is 14.5 Å². The van der Waals surface area contributed by atoms with Gasteiger partial charge in [-0.2, -0.15) is 5.10 Å². The van der Waals surface area contributed by atoms with Gasteiger partial charge in [0.2, 0.25) is 5.91 Å². The third-order valence-corrected chi connectivity index (χ3v) is 7.09. The number of nitrogens with one attached hydrogen (secondary N) is 1. The molecule has 36 heavy (non-hydrogen) atoms. The van der Waals surface area contributed by atoms with Gasteiger partial charge in [0.15, 0.2) is 0 Å². The molecule has 0 saturated carbocycles. The Morgan fingerprint density at radius 2 is 1.78 bits per heavy atom. The second-order valence-corrected chi connectivity index (χ2v) is 9.35. The Balaban J connectivity index is 1.18. The zero-order valence-corrected chi connectivity index (χ0v) is 20.7. The van der Waals surface area contributed by atoms with Crippen LogP contribution in [0.15, 0.2) is 59.5 Å². The van der Waals surface area contributed by atoms with Crippen LogP contribution in [0.5, 0.6) is 0 Å². The molecule has 2 aromatic heterocycles. The number of benzene rings is 2. The molecule has 1 amide bonds. The highest BCUT2D eigenvalue weighted by Crippen LogP contribution is 2.29. The highest BCUT2D eigenvalue weighted by Gasteiger charge is 2.23. The summed E-state index contributed by atoms with van der Waals surface area (Å²) in [5, 5.41) is 8.90. The number of halogens is 1. The molecule has 188 valence electrons. The van der Waals surface area contributed by atoms with Crippen molar-refractivity contribution in [2.75, 3.05) is 44.2 Å². The van der Waals surface area contributed by atoms with Crippen LogP contribution >= 0.6 is 0 Å². The fraction of sp³-hybridized carbons (Fsp3) is 0.370. The standard InChI is InChI=1S/C27H31FN6O2/c1-19(34-24-7-4-3-6-22(24)23-18-30-31(2)27(36)25(23)34)26(35)29-12-5-13-32-14-16-33(17-15-32)21-10-8-20(28)9-11-21/h3-4,6-11,18-19H,5,12-17H2,1-2H3,(H,29,35). The Bertz CT molecular complexity index is 1440. The number of hydrogen-bond donors (Lipinski definition) is 1. The van der Waals surface area contributed by atoms with E-state index < -0.39 is 6.04 Å². The molecule has 2 aromatic carbocycles. The van der Waals surface area contributed by atoms with Gasteiger partial charge in [0.1, 0.15) is 17.4 Å². The maximum Gasteiger partial charge on any atom is 0.291 e. The topological polar surface area (TPSA) is 75.4 Å². The summed E-state index contributed by atoms with van der Waals surface area (Å²) in [6.07, 6.45) is 2.53. The van der Waals surface area contributed by atoms with Crippen molar-refractivity contribution in [3.63, 3.8) is 0 Å². The largest absolute Gasteiger partial charge is 0.369 e. The summed E-state index contributed by atoms with van der Waals surface area (Å²) in [6, 6.07) is 13.8. The summed E-state index contributed by atoms with van der Waals surface area (Å²) in [5.74, 6) is -0.330. The molecule has 1 aliphatic heterocycles. The average molecular weight is 491 g/mol. The molecule has 0 bridgehead atoms. The van der Waals surface area contributed by atoms with E-state index in [1.807, 2.05) is 47.9 Å². The molecule has 9 heteroatoms. The Morgan fingerprint density at radius 3 is 2.53 bits per heavy atom. The van der Waals surface area contributed by atoms with Crippen LogP contribution in [-0.4, -0.2) is 64.4 Å². The van der Waals surface area contributed by atoms with Crippen LogP contribution in [-0.2, 0) is 11.8 Å². The van der Waals surface area contributed by atoms with E-state index in [-0.39, 0.29) is 17.3 Å². The number of carbonyl (C=O) groups is 1. The number of carbonyl (C=O) groups excluding carboxylic acids is 1. The van der Waals surface area contributed by atoms with Crippen LogP contribution in [0.1, 0.15) is 19.4 Å². The SMILES string of the molecule is CC(C(=O)NCCCN1CCN(c2ccc(F)cc2)CC1)n1c2ccccc2c2cnn(C)c(=O)c21. The van der Waals surface area contributed by atoms with Crippen LogP contribution < -0.4 is 15.8 Å². The lowest BCUT2D eigenvalue weighted by atomic mass is 10.2. The number of aryl methyl sites for hydroxylation is 1. The Morgan fingerprint density at radius 1 is 1.06 bits per heavy atom. The van der Waals surface area contributed by atoms with Crippen molar-refractivity contribution >= 4 is 33.4 Å². The quantitative estimate of drug-likeness (QED) is 0.403. The highest BCUT2D eigenvalue weighted by molar-refractivity contribution is 6.08. The highest BCUT2D eigenvalue weighted by atomic mass is 19.1. The van der Waals surface area contributed by atoms with E-state index in [0.717, 1.165) is 61.1 Å². The summed E-state index contributed by atoms with van der Waals surface area (Å²) in [4.78, 5) is 30.7. The number of para-hydroxylation sites is 1. The van der Waals surface area contributed by atoms with Gasteiger partial charge in [0.05, 0.1) is 11.7 Å². The van der Waals surface area contributed by atoms with Gasteiger partial charge in [-0.1, -0.05) is 18.2 Å². The Hall–Kier alpha value is -3.72. The molecular formula is C27H31FN6O2. The van der Waals surface area contributed by atoms with E-state index in [9.17, 15) is 14.0 Å². The number of fused-ring (bicyclic) bond motifs is 3. The number of anilines is 1. The van der Waals surface area contributed by atoms with Crippen LogP contribution in [0.3, 0.4) is 0 Å². The molecule has 4 aromatic rings. The first-order valence-electron chi connectivity index (χ1n) is 12.4. The molecule has 1 N–H and O–H groups in total. The summed E-state index contributed by atoms with van der Waals surface area (Å²) in [6.45, 7) is 6.95. The maximum absolute atomic E-state index is 13.2. The van der Waals surface area contributed by atoms with Crippen LogP contribution in [0.4, 0.5) is 10.1 Å². The average Bonchev–Trinajstić information content (AvgIpc) is 3.24. The normalized spacial score (nSPS) is 15.5. The first-order valence-corrected chi connectivity index (χ1v) is 12.4. The zero-order chi connectivity index (χ0) is 25.2. The number of aromatic nitrogens is 3. The molecule has 8 nitrogen and oxygen atoms in total. The molecule has 3 heterocycles. The van der Waals surface area contributed by atoms with E-state index in [1.165, 1.54) is 16.8 Å². The number of piperazine rings is 1. The number of hydrogen-bond acceptors (Lipinski definition) is 5. The smallest absolute Gasteiger partial charge is 0.291 e. The van der Waals surface area contributed by atoms with Crippen molar-refractivity contribution in [2.24, 2.45) is 7.05 Å². The zero-order valence-electron chi connectivity index (χ0n) is 20.7. The predicted octanol–water partition coefficient (Wildman–Crippen LogP) is 2.92. The molecule has 1 unspecified atom stereocenters. The Kier molecular flexibility index (Phi) is 6.73. The predicted molar refractivity (Wildman–Crippen MR) is 140 cm³/mol. The molecule has 5 rings (SSSR count). The molecule has 1 saturated heterocycles. The van der Waals surface area contributed by atoms with Gasteiger partial charge < -0.3 is 14.8 Å². The second-order valence-electron chi connectivity index (χ2n) is 9.35. The van der Waals surface area contributed by atoms with Crippen LogP contribution in [0.25, 0.3) is 21.8 Å². The molecule has 0 aliphatic carbocycles. The number of rotatable bonds is 7. The fourth-order valence-corrected chi connectivity index (χ4v) is 5.05. The first-order chi connectivity index (χ1) is 17.4. The van der Waals surface area contributed by atoms with Gasteiger partial charge in [-0.15, -0.1) is 0 Å². The van der Waals surface area contributed by atoms with Crippen molar-refractivity contribution in [2.45, 2.75) is 19.4 Å². The minimum atomic E-state index is -0.540. The molecule has 1 aliphatic rings. The van der Waals surface area contributed by atoms with Gasteiger partial charge >= 0.3 is 0 Å². The summed E-state index contributed by atoms with van der Waals surface area (Å²) < 4.78 is 16.3. The van der Waals surface area contributed by atoms with Gasteiger partial charge in [-0.25, -0.2) is 9.07 Å². The van der Waals surface area contributed by atoms with Gasteiger partial charge in [0.25, 0.3) is 5.56 Å². The monoisotopic (exact) mass is 490 g/mol. The Labute approximate surface area is 208 Å². The van der Waals surface area contributed by atoms with Crippen molar-refractivity contribution in [1.29, 1.82) is 0 Å². The van der Waals surface area contributed by atoms with Gasteiger partial charge in [-0.05, 0) is 50.2 Å². The number of nitrogens with zero attached hydrogens (tertiary/aromatic N) is 5. The fourth-order valence-electron chi connectivity index (χ4n) is 5.05. The third kappa shape index (κ3) is 4.58. The van der Waals surface area contributed by atoms with Crippen LogP contribution in [0, 0.1) is 5.82 Å². The van der Waals surface area contributed by atoms with Crippen molar-refractivity contribution in [3.05, 3.63) is 70.9 Å². The van der Waals surface area contributed by atoms with E-state index >= 15 is 0 Å². The maximum atomic E-state index is 13.2. The molecule has 0 spiro atoms. The van der Waals surface area contributed by atoms with E-state index in [1.54, 1.807) is 13.2 Å². The van der Waals surface area contributed by atoms with E-state index in [2.05, 4.69) is 20.2 Å². The van der Waals surface area contributed by atoms with Crippen molar-refractivity contribution < 1.29 is 9.18 Å². The summed E-state index contributed by atoms with van der Waals surface area (Å²) in [5.41, 5.74) is 2.17. The molecule has 0 radical (unpaired) electrons. The van der Waals surface area contributed by atoms with Crippen molar-refractivity contribution in [3.8, 4) is 0 Å². The lowest BCUT2D eigenvalue weighted by molar-refractivity contribution is -0.123. The molecule has 1 atom stereocenters. The van der Waals surface area contributed by atoms with E-state index in [0.29, 0.717) is 12.1 Å². The lowest BCUT2D eigenvalue weighted by Crippen LogP contribution is -2.47. The third-order valence-electron chi connectivity index (χ3n) is 7.09. The minimum absolute atomic E-state index is 0.113. The van der Waals surface area contributed by atoms with Crippen LogP contribution in [0.2, 0.25) is 0 Å². The summed E-state index contributed by atoms with van der Waals surface area (Å²) in [7, 11) is 1.62. The second kappa shape index (κ2) is 10.1. The van der Waals surface area contributed by atoms with E-state index in [4.69, 9.17) is 0 Å². The van der Waals surface area contributed by atoms with Gasteiger partial charge in [0, 0.05) is 56.2 Å². The summed E-state index contributed by atoms with van der Waals surface area (Å²) >= 11 is 0. The first kappa shape index (κ1) is 24.0. The molecular weight excluding hydrogens is 459 g/mol. The molecule has 1 fully saturated rings. The minimum Gasteiger partial charge on any atom is -0.369 e. The lowest BCUT2D eigenvalue weighted by Gasteiger charge is -2.36. The number of amides is 1. The van der Waals surface area contributed by atoms with Crippen molar-refractivity contribution in [1.82, 2.24) is 24.6 Å².